The van der Waals surface area contributed by atoms with E-state index in [1.54, 1.807) is 0 Å². The summed E-state index contributed by atoms with van der Waals surface area (Å²) in [6.45, 7) is 3.96. The number of benzene rings is 1. The largest absolute Gasteiger partial charge is 0.339 e. The molecule has 2 aromatic rings. The van der Waals surface area contributed by atoms with Gasteiger partial charge in [0.15, 0.2) is 5.82 Å². The molecule has 1 aromatic heterocycles. The van der Waals surface area contributed by atoms with Crippen LogP contribution in [-0.2, 0) is 19.3 Å². The summed E-state index contributed by atoms with van der Waals surface area (Å²) in [5.74, 6) is 1.99. The van der Waals surface area contributed by atoms with Gasteiger partial charge in [-0.1, -0.05) is 36.3 Å². The average molecular weight is 257 g/mol. The number of hydrogen-bond donors (Lipinski definition) is 1. The quantitative estimate of drug-likeness (QED) is 0.833. The molecule has 1 aliphatic carbocycles. The zero-order valence-electron chi connectivity index (χ0n) is 11.2. The van der Waals surface area contributed by atoms with E-state index >= 15 is 0 Å². The van der Waals surface area contributed by atoms with E-state index in [1.807, 2.05) is 0 Å². The molecule has 0 spiro atoms. The molecule has 4 heteroatoms. The Morgan fingerprint density at radius 2 is 2.00 bits per heavy atom. The van der Waals surface area contributed by atoms with Crippen LogP contribution in [0.1, 0.15) is 35.7 Å². The summed E-state index contributed by atoms with van der Waals surface area (Å²) in [5.41, 5.74) is 2.85. The summed E-state index contributed by atoms with van der Waals surface area (Å²) in [5, 5.41) is 7.41. The Hall–Kier alpha value is -1.68. The first-order valence-corrected chi connectivity index (χ1v) is 6.96. The highest BCUT2D eigenvalue weighted by Gasteiger charge is 2.26. The third-order valence-corrected chi connectivity index (χ3v) is 3.67. The van der Waals surface area contributed by atoms with E-state index in [9.17, 15) is 0 Å². The molecule has 0 saturated heterocycles. The Balaban J connectivity index is 1.65. The van der Waals surface area contributed by atoms with Gasteiger partial charge in [-0.3, -0.25) is 0 Å². The highest BCUT2D eigenvalue weighted by atomic mass is 16.5. The van der Waals surface area contributed by atoms with Crippen LogP contribution >= 0.6 is 0 Å². The standard InChI is InChI=1S/C15H19N3O/c1-2-16-8-7-14-17-15(18-19-14)13-9-11-5-3-4-6-12(11)10-13/h3-6,13,16H,2,7-10H2,1H3. The van der Waals surface area contributed by atoms with Crippen molar-refractivity contribution in [2.24, 2.45) is 0 Å². The van der Waals surface area contributed by atoms with E-state index in [0.717, 1.165) is 44.1 Å². The van der Waals surface area contributed by atoms with Gasteiger partial charge in [-0.15, -0.1) is 0 Å². The fourth-order valence-electron chi connectivity index (χ4n) is 2.65. The maximum absolute atomic E-state index is 5.32. The Morgan fingerprint density at radius 1 is 1.26 bits per heavy atom. The van der Waals surface area contributed by atoms with Crippen LogP contribution in [0.15, 0.2) is 28.8 Å². The number of fused-ring (bicyclic) bond motifs is 1. The molecule has 1 N–H and O–H groups in total. The van der Waals surface area contributed by atoms with Crippen LogP contribution < -0.4 is 5.32 Å². The lowest BCUT2D eigenvalue weighted by atomic mass is 10.1. The molecular formula is C15H19N3O. The highest BCUT2D eigenvalue weighted by Crippen LogP contribution is 2.32. The first-order chi connectivity index (χ1) is 9.36. The van der Waals surface area contributed by atoms with Crippen molar-refractivity contribution in [3.05, 3.63) is 47.1 Å². The molecule has 0 saturated carbocycles. The van der Waals surface area contributed by atoms with Gasteiger partial charge in [0.1, 0.15) is 0 Å². The van der Waals surface area contributed by atoms with E-state index < -0.39 is 0 Å². The lowest BCUT2D eigenvalue weighted by Gasteiger charge is -2.00. The molecule has 19 heavy (non-hydrogen) atoms. The summed E-state index contributed by atoms with van der Waals surface area (Å²) in [7, 11) is 0. The minimum atomic E-state index is 0.383. The number of likely N-dealkylation sites (N-methyl/N-ethyl adjacent to an activating group) is 1. The topological polar surface area (TPSA) is 51.0 Å². The van der Waals surface area contributed by atoms with Gasteiger partial charge in [0.25, 0.3) is 0 Å². The number of aromatic nitrogens is 2. The number of rotatable bonds is 5. The van der Waals surface area contributed by atoms with Gasteiger partial charge >= 0.3 is 0 Å². The fraction of sp³-hybridized carbons (Fsp3) is 0.467. The maximum Gasteiger partial charge on any atom is 0.227 e. The molecule has 3 rings (SSSR count). The SMILES string of the molecule is CCNCCc1nc(C2Cc3ccccc3C2)no1. The van der Waals surface area contributed by atoms with Gasteiger partial charge in [-0.2, -0.15) is 4.98 Å². The molecule has 0 radical (unpaired) electrons. The average Bonchev–Trinajstić information content (AvgIpc) is 3.04. The van der Waals surface area contributed by atoms with Crippen molar-refractivity contribution < 1.29 is 4.52 Å². The second-order valence-corrected chi connectivity index (χ2v) is 5.02. The second kappa shape index (κ2) is 5.53. The molecule has 100 valence electrons. The van der Waals surface area contributed by atoms with Crippen LogP contribution in [0.25, 0.3) is 0 Å². The van der Waals surface area contributed by atoms with E-state index in [1.165, 1.54) is 11.1 Å². The van der Waals surface area contributed by atoms with E-state index in [4.69, 9.17) is 4.52 Å². The summed E-state index contributed by atoms with van der Waals surface area (Å²) < 4.78 is 5.32. The van der Waals surface area contributed by atoms with Crippen molar-refractivity contribution in [1.82, 2.24) is 15.5 Å². The molecule has 1 heterocycles. The van der Waals surface area contributed by atoms with Crippen LogP contribution in [0.3, 0.4) is 0 Å². The van der Waals surface area contributed by atoms with Gasteiger partial charge in [0.2, 0.25) is 5.89 Å². The summed E-state index contributed by atoms with van der Waals surface area (Å²) in [6.07, 6.45) is 2.87. The number of nitrogens with zero attached hydrogens (tertiary/aromatic N) is 2. The van der Waals surface area contributed by atoms with Gasteiger partial charge < -0.3 is 9.84 Å². The first-order valence-electron chi connectivity index (χ1n) is 6.96. The molecule has 0 aliphatic heterocycles. The third kappa shape index (κ3) is 2.68. The van der Waals surface area contributed by atoms with Crippen LogP contribution in [0.5, 0.6) is 0 Å². The minimum Gasteiger partial charge on any atom is -0.339 e. The zero-order chi connectivity index (χ0) is 13.1. The van der Waals surface area contributed by atoms with Gasteiger partial charge in [0.05, 0.1) is 0 Å². The molecule has 4 nitrogen and oxygen atoms in total. The lowest BCUT2D eigenvalue weighted by Crippen LogP contribution is -2.16. The van der Waals surface area contributed by atoms with Crippen molar-refractivity contribution in [3.8, 4) is 0 Å². The second-order valence-electron chi connectivity index (χ2n) is 5.02. The Labute approximate surface area is 113 Å². The molecule has 0 bridgehead atoms. The summed E-state index contributed by atoms with van der Waals surface area (Å²) in [4.78, 5) is 4.53. The summed E-state index contributed by atoms with van der Waals surface area (Å²) >= 11 is 0. The van der Waals surface area contributed by atoms with Crippen molar-refractivity contribution >= 4 is 0 Å². The van der Waals surface area contributed by atoms with Crippen molar-refractivity contribution in [2.45, 2.75) is 32.1 Å². The van der Waals surface area contributed by atoms with Crippen LogP contribution in [0.2, 0.25) is 0 Å². The minimum absolute atomic E-state index is 0.383. The third-order valence-electron chi connectivity index (χ3n) is 3.67. The molecule has 1 aliphatic rings. The molecule has 1 aromatic carbocycles. The fourth-order valence-corrected chi connectivity index (χ4v) is 2.65. The number of hydrogen-bond acceptors (Lipinski definition) is 4. The van der Waals surface area contributed by atoms with Gasteiger partial charge in [0, 0.05) is 18.9 Å². The van der Waals surface area contributed by atoms with E-state index in [2.05, 4.69) is 46.6 Å². The van der Waals surface area contributed by atoms with Gasteiger partial charge in [-0.25, -0.2) is 0 Å². The molecule has 0 amide bonds. The molecule has 0 atom stereocenters. The Kier molecular flexibility index (Phi) is 3.60. The summed E-state index contributed by atoms with van der Waals surface area (Å²) in [6, 6.07) is 8.58. The maximum atomic E-state index is 5.32. The van der Waals surface area contributed by atoms with Gasteiger partial charge in [-0.05, 0) is 30.5 Å². The van der Waals surface area contributed by atoms with Crippen LogP contribution in [0.4, 0.5) is 0 Å². The predicted molar refractivity (Wildman–Crippen MR) is 73.1 cm³/mol. The first kappa shape index (κ1) is 12.4. The molecule has 0 fully saturated rings. The van der Waals surface area contributed by atoms with Crippen molar-refractivity contribution in [3.63, 3.8) is 0 Å². The van der Waals surface area contributed by atoms with Crippen LogP contribution in [-0.4, -0.2) is 23.2 Å². The monoisotopic (exact) mass is 257 g/mol. The Morgan fingerprint density at radius 3 is 2.68 bits per heavy atom. The zero-order valence-corrected chi connectivity index (χ0v) is 11.2. The van der Waals surface area contributed by atoms with Crippen molar-refractivity contribution in [2.75, 3.05) is 13.1 Å². The molecule has 0 unspecified atom stereocenters. The van der Waals surface area contributed by atoms with Crippen LogP contribution in [0, 0.1) is 0 Å². The number of nitrogens with one attached hydrogen (secondary N) is 1. The Bertz CT molecular complexity index is 525. The van der Waals surface area contributed by atoms with E-state index in [-0.39, 0.29) is 0 Å². The lowest BCUT2D eigenvalue weighted by molar-refractivity contribution is 0.368. The normalized spacial score (nSPS) is 14.8. The smallest absolute Gasteiger partial charge is 0.227 e. The predicted octanol–water partition coefficient (Wildman–Crippen LogP) is 2.10. The highest BCUT2D eigenvalue weighted by molar-refractivity contribution is 5.34. The van der Waals surface area contributed by atoms with E-state index in [0.29, 0.717) is 5.92 Å². The van der Waals surface area contributed by atoms with Crippen molar-refractivity contribution in [1.29, 1.82) is 0 Å². The molecular weight excluding hydrogens is 238 g/mol.